The number of benzene rings is 1. The molecule has 0 radical (unpaired) electrons. The summed E-state index contributed by atoms with van der Waals surface area (Å²) in [6, 6.07) is 7.73. The van der Waals surface area contributed by atoms with Crippen molar-refractivity contribution >= 4 is 5.82 Å². The monoisotopic (exact) mass is 410 g/mol. The van der Waals surface area contributed by atoms with Crippen molar-refractivity contribution < 1.29 is 14.6 Å². The molecule has 1 aliphatic rings. The van der Waals surface area contributed by atoms with Crippen molar-refractivity contribution in [3.05, 3.63) is 35.4 Å². The Morgan fingerprint density at radius 1 is 1.37 bits per heavy atom. The molecule has 1 aromatic heterocycles. The number of terminal acetylenes is 1. The minimum atomic E-state index is -0.999. The molecule has 0 aliphatic carbocycles. The number of aryl methyl sites for hydroxylation is 1. The van der Waals surface area contributed by atoms with Crippen LogP contribution in [0.4, 0.5) is 5.82 Å². The molecule has 1 aromatic carbocycles. The van der Waals surface area contributed by atoms with E-state index < -0.39 is 6.10 Å². The standard InChI is InChI=1S/C23H30N4O3/c1-5-20(28)17-9-10-19(21(13-17)30-15-29-6-2)23-16(3)12-22(25-26-23)24-18-8-7-11-27(4)14-18/h1,9-10,12-13,18,20,28H,6-8,11,14-15H2,2-4H3,(H,24,25). The van der Waals surface area contributed by atoms with E-state index in [9.17, 15) is 5.11 Å². The quantitative estimate of drug-likeness (QED) is 0.393. The molecule has 7 nitrogen and oxygen atoms in total. The van der Waals surface area contributed by atoms with Crippen LogP contribution in [-0.2, 0) is 4.74 Å². The number of likely N-dealkylation sites (N-methyl/N-ethyl adjacent to an activating group) is 1. The molecule has 3 rings (SSSR count). The van der Waals surface area contributed by atoms with Gasteiger partial charge in [-0.2, -0.15) is 0 Å². The Bertz CT molecular complexity index is 897. The number of anilines is 1. The number of nitrogens with one attached hydrogen (secondary N) is 1. The molecule has 1 aliphatic heterocycles. The molecule has 2 heterocycles. The van der Waals surface area contributed by atoms with E-state index in [4.69, 9.17) is 15.9 Å². The van der Waals surface area contributed by atoms with Gasteiger partial charge in [-0.1, -0.05) is 12.0 Å². The van der Waals surface area contributed by atoms with Crippen LogP contribution < -0.4 is 10.1 Å². The van der Waals surface area contributed by atoms with Gasteiger partial charge in [-0.25, -0.2) is 0 Å². The lowest BCUT2D eigenvalue weighted by atomic mass is 10.0. The van der Waals surface area contributed by atoms with Crippen molar-refractivity contribution in [2.75, 3.05) is 38.9 Å². The number of piperidine rings is 1. The van der Waals surface area contributed by atoms with Crippen molar-refractivity contribution in [3.8, 4) is 29.4 Å². The Labute approximate surface area is 178 Å². The lowest BCUT2D eigenvalue weighted by Crippen LogP contribution is -2.39. The highest BCUT2D eigenvalue weighted by Crippen LogP contribution is 2.33. The van der Waals surface area contributed by atoms with E-state index in [1.54, 1.807) is 12.1 Å². The third kappa shape index (κ3) is 5.48. The highest BCUT2D eigenvalue weighted by atomic mass is 16.7. The van der Waals surface area contributed by atoms with E-state index in [1.807, 2.05) is 26.0 Å². The second-order valence-electron chi connectivity index (χ2n) is 7.59. The van der Waals surface area contributed by atoms with E-state index >= 15 is 0 Å². The minimum Gasteiger partial charge on any atom is -0.467 e. The average Bonchev–Trinajstić information content (AvgIpc) is 2.74. The normalized spacial score (nSPS) is 17.9. The minimum absolute atomic E-state index is 0.0976. The van der Waals surface area contributed by atoms with Gasteiger partial charge >= 0.3 is 0 Å². The highest BCUT2D eigenvalue weighted by molar-refractivity contribution is 5.71. The van der Waals surface area contributed by atoms with Crippen LogP contribution in [0, 0.1) is 19.3 Å². The molecule has 2 aromatic rings. The van der Waals surface area contributed by atoms with Crippen LogP contribution in [0.3, 0.4) is 0 Å². The maximum atomic E-state index is 9.99. The van der Waals surface area contributed by atoms with E-state index in [0.717, 1.165) is 42.1 Å². The predicted octanol–water partition coefficient (Wildman–Crippen LogP) is 3.00. The Balaban J connectivity index is 1.85. The third-order valence-corrected chi connectivity index (χ3v) is 5.20. The molecule has 1 fully saturated rings. The number of nitrogens with zero attached hydrogens (tertiary/aromatic N) is 3. The van der Waals surface area contributed by atoms with Gasteiger partial charge < -0.3 is 24.8 Å². The summed E-state index contributed by atoms with van der Waals surface area (Å²) in [5.41, 5.74) is 3.05. The average molecular weight is 411 g/mol. The maximum absolute atomic E-state index is 9.99. The molecule has 2 atom stereocenters. The molecule has 7 heteroatoms. The fraction of sp³-hybridized carbons (Fsp3) is 0.478. The summed E-state index contributed by atoms with van der Waals surface area (Å²) in [4.78, 5) is 2.32. The summed E-state index contributed by atoms with van der Waals surface area (Å²) >= 11 is 0. The number of rotatable bonds is 8. The van der Waals surface area contributed by atoms with Gasteiger partial charge in [0.05, 0.1) is 5.69 Å². The first-order valence-electron chi connectivity index (χ1n) is 10.3. The number of aliphatic hydroxyl groups excluding tert-OH is 1. The number of aliphatic hydroxyl groups is 1. The lowest BCUT2D eigenvalue weighted by molar-refractivity contribution is 0.0226. The van der Waals surface area contributed by atoms with E-state index in [1.165, 1.54) is 6.42 Å². The van der Waals surface area contributed by atoms with E-state index in [-0.39, 0.29) is 6.79 Å². The zero-order chi connectivity index (χ0) is 21.5. The summed E-state index contributed by atoms with van der Waals surface area (Å²) in [6.45, 7) is 6.67. The summed E-state index contributed by atoms with van der Waals surface area (Å²) in [5.74, 6) is 3.64. The van der Waals surface area contributed by atoms with Gasteiger partial charge in [-0.05, 0) is 69.6 Å². The van der Waals surface area contributed by atoms with Crippen LogP contribution in [0.2, 0.25) is 0 Å². The van der Waals surface area contributed by atoms with Crippen molar-refractivity contribution in [2.45, 2.75) is 38.8 Å². The molecule has 160 valence electrons. The fourth-order valence-electron chi connectivity index (χ4n) is 3.62. The van der Waals surface area contributed by atoms with Gasteiger partial charge in [0.25, 0.3) is 0 Å². The molecule has 0 amide bonds. The van der Waals surface area contributed by atoms with Crippen LogP contribution in [0.5, 0.6) is 5.75 Å². The van der Waals surface area contributed by atoms with Crippen molar-refractivity contribution in [2.24, 2.45) is 0 Å². The number of ether oxygens (including phenoxy) is 2. The number of hydrogen-bond acceptors (Lipinski definition) is 7. The Kier molecular flexibility index (Phi) is 7.63. The van der Waals surface area contributed by atoms with Crippen LogP contribution in [0.25, 0.3) is 11.3 Å². The molecule has 30 heavy (non-hydrogen) atoms. The van der Waals surface area contributed by atoms with Crippen LogP contribution >= 0.6 is 0 Å². The van der Waals surface area contributed by atoms with Crippen molar-refractivity contribution in [1.82, 2.24) is 15.1 Å². The van der Waals surface area contributed by atoms with Crippen LogP contribution in [-0.4, -0.2) is 59.8 Å². The smallest absolute Gasteiger partial charge is 0.189 e. The topological polar surface area (TPSA) is 79.7 Å². The zero-order valence-electron chi connectivity index (χ0n) is 17.9. The molecule has 2 N–H and O–H groups in total. The molecular weight excluding hydrogens is 380 g/mol. The lowest BCUT2D eigenvalue weighted by Gasteiger charge is -2.30. The molecule has 2 unspecified atom stereocenters. The number of hydrogen-bond donors (Lipinski definition) is 2. The van der Waals surface area contributed by atoms with Crippen LogP contribution in [0.15, 0.2) is 24.3 Å². The summed E-state index contributed by atoms with van der Waals surface area (Å²) in [7, 11) is 2.14. The van der Waals surface area contributed by atoms with Gasteiger partial charge in [0.2, 0.25) is 0 Å². The van der Waals surface area contributed by atoms with Crippen molar-refractivity contribution in [3.63, 3.8) is 0 Å². The highest BCUT2D eigenvalue weighted by Gasteiger charge is 2.19. The second-order valence-corrected chi connectivity index (χ2v) is 7.59. The molecule has 1 saturated heterocycles. The fourth-order valence-corrected chi connectivity index (χ4v) is 3.62. The molecular formula is C23H30N4O3. The Morgan fingerprint density at radius 3 is 2.90 bits per heavy atom. The van der Waals surface area contributed by atoms with Gasteiger partial charge in [-0.3, -0.25) is 0 Å². The molecule has 0 saturated carbocycles. The number of likely N-dealkylation sites (tertiary alicyclic amines) is 1. The van der Waals surface area contributed by atoms with Crippen LogP contribution in [0.1, 0.15) is 37.0 Å². The maximum Gasteiger partial charge on any atom is 0.189 e. The SMILES string of the molecule is C#CC(O)c1ccc(-c2nnc(NC3CCCN(C)C3)cc2C)c(OCOCC)c1. The first-order valence-corrected chi connectivity index (χ1v) is 10.3. The van der Waals surface area contributed by atoms with E-state index in [0.29, 0.717) is 24.0 Å². The third-order valence-electron chi connectivity index (χ3n) is 5.20. The van der Waals surface area contributed by atoms with Gasteiger partial charge in [-0.15, -0.1) is 16.6 Å². The summed E-state index contributed by atoms with van der Waals surface area (Å²) in [6.07, 6.45) is 6.66. The van der Waals surface area contributed by atoms with Gasteiger partial charge in [0, 0.05) is 24.8 Å². The summed E-state index contributed by atoms with van der Waals surface area (Å²) < 4.78 is 11.1. The summed E-state index contributed by atoms with van der Waals surface area (Å²) in [5, 5.41) is 22.4. The Morgan fingerprint density at radius 2 is 2.20 bits per heavy atom. The molecule has 0 spiro atoms. The first kappa shape index (κ1) is 22.0. The van der Waals surface area contributed by atoms with Gasteiger partial charge in [0.1, 0.15) is 17.7 Å². The number of aromatic nitrogens is 2. The second kappa shape index (κ2) is 10.4. The van der Waals surface area contributed by atoms with Gasteiger partial charge in [0.15, 0.2) is 6.79 Å². The van der Waals surface area contributed by atoms with E-state index in [2.05, 4.69) is 33.4 Å². The first-order chi connectivity index (χ1) is 14.5. The zero-order valence-corrected chi connectivity index (χ0v) is 17.9. The van der Waals surface area contributed by atoms with Crippen molar-refractivity contribution in [1.29, 1.82) is 0 Å². The largest absolute Gasteiger partial charge is 0.467 e. The Hall–Kier alpha value is -2.66. The molecule has 0 bridgehead atoms. The predicted molar refractivity (Wildman–Crippen MR) is 117 cm³/mol.